The Labute approximate surface area is 194 Å². The molecule has 0 spiro atoms. The number of nitrogens with one attached hydrogen (secondary N) is 2. The van der Waals surface area contributed by atoms with Gasteiger partial charge < -0.3 is 9.15 Å². The maximum absolute atomic E-state index is 13.7. The number of halogens is 1. The molecule has 0 aliphatic rings. The zero-order chi connectivity index (χ0) is 24.1. The van der Waals surface area contributed by atoms with E-state index in [1.807, 2.05) is 31.2 Å². The van der Waals surface area contributed by atoms with Gasteiger partial charge in [0, 0.05) is 16.7 Å². The highest BCUT2D eigenvalue weighted by Gasteiger charge is 2.18. The number of hydrazine groups is 1. The second-order valence-corrected chi connectivity index (χ2v) is 7.44. The Balaban J connectivity index is 1.35. The molecule has 8 nitrogen and oxygen atoms in total. The maximum atomic E-state index is 13.7. The third-order valence-corrected chi connectivity index (χ3v) is 5.00. The average Bonchev–Trinajstić information content (AvgIpc) is 3.34. The van der Waals surface area contributed by atoms with Gasteiger partial charge in [-0.25, -0.2) is 4.39 Å². The Morgan fingerprint density at radius 2 is 1.59 bits per heavy atom. The number of hydrogen-bond donors (Lipinski definition) is 2. The highest BCUT2D eigenvalue weighted by atomic mass is 19.1. The Morgan fingerprint density at radius 3 is 2.32 bits per heavy atom. The molecule has 4 aromatic rings. The van der Waals surface area contributed by atoms with Crippen molar-refractivity contribution < 1.29 is 23.1 Å². The van der Waals surface area contributed by atoms with Crippen molar-refractivity contribution in [3.63, 3.8) is 0 Å². The van der Waals surface area contributed by atoms with Crippen molar-refractivity contribution in [3.05, 3.63) is 89.7 Å². The molecule has 0 bridgehead atoms. The van der Waals surface area contributed by atoms with Crippen LogP contribution in [-0.4, -0.2) is 28.1 Å². The third-order valence-electron chi connectivity index (χ3n) is 5.00. The van der Waals surface area contributed by atoms with Gasteiger partial charge in [-0.2, -0.15) is 0 Å². The van der Waals surface area contributed by atoms with Crippen LogP contribution in [0.2, 0.25) is 0 Å². The van der Waals surface area contributed by atoms with Crippen molar-refractivity contribution in [2.45, 2.75) is 20.0 Å². The molecule has 0 radical (unpaired) electrons. The van der Waals surface area contributed by atoms with Gasteiger partial charge in [0.25, 0.3) is 11.8 Å². The minimum atomic E-state index is -1.03. The number of ether oxygens (including phenoxy) is 1. The number of rotatable bonds is 6. The lowest BCUT2D eigenvalue weighted by Gasteiger charge is -2.15. The summed E-state index contributed by atoms with van der Waals surface area (Å²) in [5.41, 5.74) is 7.37. The molecule has 1 atom stereocenters. The van der Waals surface area contributed by atoms with Crippen LogP contribution in [0.1, 0.15) is 22.8 Å². The van der Waals surface area contributed by atoms with Crippen molar-refractivity contribution in [3.8, 4) is 28.7 Å². The molecule has 2 N–H and O–H groups in total. The molecule has 1 aromatic heterocycles. The fourth-order valence-corrected chi connectivity index (χ4v) is 3.10. The van der Waals surface area contributed by atoms with Crippen molar-refractivity contribution in [2.75, 3.05) is 0 Å². The number of nitrogens with zero attached hydrogens (tertiary/aromatic N) is 2. The van der Waals surface area contributed by atoms with Crippen LogP contribution in [0.3, 0.4) is 0 Å². The molecule has 2 amide bonds. The standard InChI is InChI=1S/C25H21FN4O4/c1-15-7-3-4-8-19(15)25-30-29-24(34-25)18-13-11-17(12-14-18)23(32)28-27-22(31)16(2)33-21-10-6-5-9-20(21)26/h3-14,16H,1-2H3,(H,27,31)(H,28,32)/t16-/m0/s1. The first-order chi connectivity index (χ1) is 16.4. The number of para-hydroxylation sites is 1. The smallest absolute Gasteiger partial charge is 0.279 e. The largest absolute Gasteiger partial charge is 0.478 e. The van der Waals surface area contributed by atoms with Crippen molar-refractivity contribution in [1.82, 2.24) is 21.0 Å². The van der Waals surface area contributed by atoms with Crippen molar-refractivity contribution >= 4 is 11.8 Å². The molecule has 3 aromatic carbocycles. The van der Waals surface area contributed by atoms with Crippen LogP contribution in [0.25, 0.3) is 22.9 Å². The van der Waals surface area contributed by atoms with Crippen LogP contribution in [0.15, 0.2) is 77.2 Å². The van der Waals surface area contributed by atoms with Crippen LogP contribution in [-0.2, 0) is 4.79 Å². The monoisotopic (exact) mass is 460 g/mol. The van der Waals surface area contributed by atoms with Gasteiger partial charge in [-0.3, -0.25) is 20.4 Å². The first-order valence-electron chi connectivity index (χ1n) is 10.4. The number of amides is 2. The summed E-state index contributed by atoms with van der Waals surface area (Å²) in [6, 6.07) is 19.9. The SMILES string of the molecule is Cc1ccccc1-c1nnc(-c2ccc(C(=O)NNC(=O)[C@H](C)Oc3ccccc3F)cc2)o1. The van der Waals surface area contributed by atoms with E-state index in [9.17, 15) is 14.0 Å². The van der Waals surface area contributed by atoms with Gasteiger partial charge in [0.2, 0.25) is 11.8 Å². The normalized spacial score (nSPS) is 11.5. The van der Waals surface area contributed by atoms with Gasteiger partial charge in [-0.15, -0.1) is 10.2 Å². The summed E-state index contributed by atoms with van der Waals surface area (Å²) in [6.45, 7) is 3.40. The van der Waals surface area contributed by atoms with Gasteiger partial charge >= 0.3 is 0 Å². The highest BCUT2D eigenvalue weighted by Crippen LogP contribution is 2.26. The van der Waals surface area contributed by atoms with Gasteiger partial charge in [-0.05, 0) is 61.9 Å². The quantitative estimate of drug-likeness (QED) is 0.420. The summed E-state index contributed by atoms with van der Waals surface area (Å²) < 4.78 is 24.7. The highest BCUT2D eigenvalue weighted by molar-refractivity contribution is 5.96. The number of aromatic nitrogens is 2. The summed E-state index contributed by atoms with van der Waals surface area (Å²) in [7, 11) is 0. The molecule has 0 aliphatic heterocycles. The van der Waals surface area contributed by atoms with E-state index in [4.69, 9.17) is 9.15 Å². The minimum absolute atomic E-state index is 0.0568. The van der Waals surface area contributed by atoms with Crippen molar-refractivity contribution in [1.29, 1.82) is 0 Å². The van der Waals surface area contributed by atoms with E-state index in [1.165, 1.54) is 25.1 Å². The Morgan fingerprint density at radius 1 is 0.912 bits per heavy atom. The Kier molecular flexibility index (Phi) is 6.63. The van der Waals surface area contributed by atoms with Gasteiger partial charge in [0.1, 0.15) is 0 Å². The fourth-order valence-electron chi connectivity index (χ4n) is 3.10. The van der Waals surface area contributed by atoms with E-state index in [2.05, 4.69) is 21.0 Å². The van der Waals surface area contributed by atoms with Crippen molar-refractivity contribution in [2.24, 2.45) is 0 Å². The van der Waals surface area contributed by atoms with Crippen LogP contribution < -0.4 is 15.6 Å². The minimum Gasteiger partial charge on any atom is -0.478 e. The molecule has 0 saturated heterocycles. The topological polar surface area (TPSA) is 106 Å². The molecule has 1 heterocycles. The third kappa shape index (κ3) is 5.09. The maximum Gasteiger partial charge on any atom is 0.279 e. The summed E-state index contributed by atoms with van der Waals surface area (Å²) in [5, 5.41) is 8.19. The molecule has 0 saturated carbocycles. The predicted octanol–water partition coefficient (Wildman–Crippen LogP) is 4.08. The first-order valence-corrected chi connectivity index (χ1v) is 10.4. The number of aryl methyl sites for hydroxylation is 1. The number of benzene rings is 3. The molecule has 0 fully saturated rings. The second kappa shape index (κ2) is 9.95. The summed E-state index contributed by atoms with van der Waals surface area (Å²) >= 11 is 0. The zero-order valence-corrected chi connectivity index (χ0v) is 18.4. The molecular formula is C25H21FN4O4. The second-order valence-electron chi connectivity index (χ2n) is 7.44. The Bertz CT molecular complexity index is 1320. The number of carbonyl (C=O) groups excluding carboxylic acids is 2. The molecule has 0 aliphatic carbocycles. The number of carbonyl (C=O) groups is 2. The summed E-state index contributed by atoms with van der Waals surface area (Å²) in [6.07, 6.45) is -1.03. The van der Waals surface area contributed by atoms with E-state index < -0.39 is 23.7 Å². The molecule has 172 valence electrons. The first kappa shape index (κ1) is 22.7. The zero-order valence-electron chi connectivity index (χ0n) is 18.4. The van der Waals surface area contributed by atoms with Crippen LogP contribution in [0, 0.1) is 12.7 Å². The summed E-state index contributed by atoms with van der Waals surface area (Å²) in [4.78, 5) is 24.6. The fraction of sp³-hybridized carbons (Fsp3) is 0.120. The average molecular weight is 460 g/mol. The lowest BCUT2D eigenvalue weighted by Crippen LogP contribution is -2.47. The lowest BCUT2D eigenvalue weighted by atomic mass is 10.1. The molecule has 34 heavy (non-hydrogen) atoms. The van der Waals surface area contributed by atoms with Gasteiger partial charge in [-0.1, -0.05) is 30.3 Å². The molecule has 9 heteroatoms. The van der Waals surface area contributed by atoms with Gasteiger partial charge in [0.15, 0.2) is 17.7 Å². The predicted molar refractivity (Wildman–Crippen MR) is 122 cm³/mol. The van der Waals surface area contributed by atoms with E-state index >= 15 is 0 Å². The number of hydrogen-bond acceptors (Lipinski definition) is 6. The molecular weight excluding hydrogens is 439 g/mol. The van der Waals surface area contributed by atoms with E-state index in [0.717, 1.165) is 11.1 Å². The molecule has 0 unspecified atom stereocenters. The van der Waals surface area contributed by atoms with Crippen LogP contribution >= 0.6 is 0 Å². The van der Waals surface area contributed by atoms with Crippen LogP contribution in [0.5, 0.6) is 5.75 Å². The Hall–Kier alpha value is -4.53. The van der Waals surface area contributed by atoms with Gasteiger partial charge in [0.05, 0.1) is 0 Å². The lowest BCUT2D eigenvalue weighted by molar-refractivity contribution is -0.128. The molecule has 4 rings (SSSR count). The van der Waals surface area contributed by atoms with E-state index in [0.29, 0.717) is 22.9 Å². The summed E-state index contributed by atoms with van der Waals surface area (Å²) in [5.74, 6) is -1.09. The van der Waals surface area contributed by atoms with E-state index in [-0.39, 0.29) is 5.75 Å². The van der Waals surface area contributed by atoms with E-state index in [1.54, 1.807) is 30.3 Å². The van der Waals surface area contributed by atoms with Crippen LogP contribution in [0.4, 0.5) is 4.39 Å².